The number of carbonyl (C=O) groups excluding carboxylic acids is 1. The summed E-state index contributed by atoms with van der Waals surface area (Å²) in [6.45, 7) is 0. The van der Waals surface area contributed by atoms with E-state index in [9.17, 15) is 4.79 Å². The predicted octanol–water partition coefficient (Wildman–Crippen LogP) is 1.56. The minimum atomic E-state index is -0.521. The number of nitrogens with one attached hydrogen (secondary N) is 1. The van der Waals surface area contributed by atoms with Gasteiger partial charge in [0.2, 0.25) is 11.5 Å². The highest BCUT2D eigenvalue weighted by atomic mass is 35.5. The summed E-state index contributed by atoms with van der Waals surface area (Å²) in [6.07, 6.45) is 0. The average molecular weight is 239 g/mol. The lowest BCUT2D eigenvalue weighted by molar-refractivity contribution is 0.101. The Morgan fingerprint density at radius 3 is 2.75 bits per heavy atom. The Bertz CT molecular complexity index is 526. The molecule has 7 heteroatoms. The zero-order chi connectivity index (χ0) is 11.5. The molecule has 1 aromatic carbocycles. The maximum absolute atomic E-state index is 11.6. The first-order chi connectivity index (χ1) is 7.68. The van der Waals surface area contributed by atoms with Gasteiger partial charge in [-0.3, -0.25) is 4.79 Å². The van der Waals surface area contributed by atoms with Crippen LogP contribution in [0.1, 0.15) is 10.5 Å². The predicted molar refractivity (Wildman–Crippen MR) is 58.1 cm³/mol. The number of benzene rings is 1. The first-order valence-electron chi connectivity index (χ1n) is 4.32. The van der Waals surface area contributed by atoms with Gasteiger partial charge in [0.15, 0.2) is 0 Å². The van der Waals surface area contributed by atoms with Crippen LogP contribution in [0.4, 0.5) is 11.5 Å². The molecule has 2 rings (SSSR count). The van der Waals surface area contributed by atoms with Gasteiger partial charge in [0, 0.05) is 0 Å². The van der Waals surface area contributed by atoms with E-state index in [4.69, 9.17) is 17.3 Å². The summed E-state index contributed by atoms with van der Waals surface area (Å²) in [4.78, 5) is 11.6. The second-order valence-electron chi connectivity index (χ2n) is 2.93. The van der Waals surface area contributed by atoms with Crippen LogP contribution < -0.4 is 11.1 Å². The number of nitrogens with two attached hydrogens (primary N) is 1. The number of halogens is 1. The SMILES string of the molecule is Nc1nonc1C(=O)Nc1ccccc1Cl. The summed E-state index contributed by atoms with van der Waals surface area (Å²) in [5.74, 6) is -0.587. The zero-order valence-corrected chi connectivity index (χ0v) is 8.73. The molecule has 0 saturated carbocycles. The zero-order valence-electron chi connectivity index (χ0n) is 7.98. The second-order valence-corrected chi connectivity index (χ2v) is 3.34. The van der Waals surface area contributed by atoms with Crippen LogP contribution in [0.5, 0.6) is 0 Å². The van der Waals surface area contributed by atoms with Crippen molar-refractivity contribution < 1.29 is 9.42 Å². The number of para-hydroxylation sites is 1. The molecular formula is C9H7ClN4O2. The van der Waals surface area contributed by atoms with Gasteiger partial charge in [0.1, 0.15) is 0 Å². The van der Waals surface area contributed by atoms with E-state index in [1.54, 1.807) is 24.3 Å². The molecule has 0 spiro atoms. The number of hydrogen-bond acceptors (Lipinski definition) is 5. The molecule has 0 unspecified atom stereocenters. The Labute approximate surface area is 95.3 Å². The third kappa shape index (κ3) is 1.96. The number of anilines is 2. The van der Waals surface area contributed by atoms with Crippen molar-refractivity contribution in [2.75, 3.05) is 11.1 Å². The highest BCUT2D eigenvalue weighted by Crippen LogP contribution is 2.21. The van der Waals surface area contributed by atoms with Crippen molar-refractivity contribution in [3.8, 4) is 0 Å². The first-order valence-corrected chi connectivity index (χ1v) is 4.70. The molecule has 0 fully saturated rings. The molecule has 6 nitrogen and oxygen atoms in total. The molecule has 0 aliphatic carbocycles. The average Bonchev–Trinajstić information content (AvgIpc) is 2.68. The largest absolute Gasteiger partial charge is 0.379 e. The van der Waals surface area contributed by atoms with E-state index in [0.29, 0.717) is 10.7 Å². The number of nitrogen functional groups attached to an aromatic ring is 1. The molecule has 3 N–H and O–H groups in total. The highest BCUT2D eigenvalue weighted by molar-refractivity contribution is 6.33. The van der Waals surface area contributed by atoms with Gasteiger partial charge in [-0.1, -0.05) is 23.7 Å². The molecule has 16 heavy (non-hydrogen) atoms. The molecule has 0 atom stereocenters. The van der Waals surface area contributed by atoms with E-state index in [0.717, 1.165) is 0 Å². The molecule has 0 aliphatic rings. The summed E-state index contributed by atoms with van der Waals surface area (Å²) in [5, 5.41) is 9.64. The van der Waals surface area contributed by atoms with Crippen LogP contribution >= 0.6 is 11.6 Å². The van der Waals surface area contributed by atoms with Gasteiger partial charge in [0.25, 0.3) is 5.91 Å². The van der Waals surface area contributed by atoms with Crippen LogP contribution in [-0.4, -0.2) is 16.2 Å². The second kappa shape index (κ2) is 4.19. The number of rotatable bonds is 2. The number of carbonyl (C=O) groups is 1. The van der Waals surface area contributed by atoms with Crippen LogP contribution in [0, 0.1) is 0 Å². The van der Waals surface area contributed by atoms with E-state index in [-0.39, 0.29) is 11.5 Å². The number of nitrogens with zero attached hydrogens (tertiary/aromatic N) is 2. The van der Waals surface area contributed by atoms with Crippen LogP contribution in [0.3, 0.4) is 0 Å². The van der Waals surface area contributed by atoms with Crippen molar-refractivity contribution in [1.82, 2.24) is 10.3 Å². The smallest absolute Gasteiger partial charge is 0.281 e. The van der Waals surface area contributed by atoms with Crippen molar-refractivity contribution in [2.24, 2.45) is 0 Å². The molecule has 1 heterocycles. The third-order valence-electron chi connectivity index (χ3n) is 1.85. The fourth-order valence-corrected chi connectivity index (χ4v) is 1.28. The van der Waals surface area contributed by atoms with Gasteiger partial charge in [-0.15, -0.1) is 0 Å². The fraction of sp³-hybridized carbons (Fsp3) is 0. The van der Waals surface area contributed by atoms with Gasteiger partial charge in [0.05, 0.1) is 10.7 Å². The van der Waals surface area contributed by atoms with Gasteiger partial charge in [-0.05, 0) is 22.4 Å². The fourth-order valence-electron chi connectivity index (χ4n) is 1.10. The van der Waals surface area contributed by atoms with Crippen LogP contribution in [0.25, 0.3) is 0 Å². The Balaban J connectivity index is 2.21. The maximum atomic E-state index is 11.6. The maximum Gasteiger partial charge on any atom is 0.281 e. The van der Waals surface area contributed by atoms with Crippen molar-refractivity contribution in [3.05, 3.63) is 35.0 Å². The van der Waals surface area contributed by atoms with Crippen molar-refractivity contribution in [2.45, 2.75) is 0 Å². The van der Waals surface area contributed by atoms with Gasteiger partial charge < -0.3 is 11.1 Å². The number of hydrogen-bond donors (Lipinski definition) is 2. The lowest BCUT2D eigenvalue weighted by atomic mass is 10.3. The first kappa shape index (κ1) is 10.4. The standard InChI is InChI=1S/C9H7ClN4O2/c10-5-3-1-2-4-6(5)12-9(15)7-8(11)14-16-13-7/h1-4H,(H2,11,14)(H,12,15). The third-order valence-corrected chi connectivity index (χ3v) is 2.18. The van der Waals surface area contributed by atoms with E-state index in [2.05, 4.69) is 20.3 Å². The van der Waals surface area contributed by atoms with Crippen LogP contribution in [0.2, 0.25) is 5.02 Å². The Kier molecular flexibility index (Phi) is 2.74. The molecule has 0 radical (unpaired) electrons. The summed E-state index contributed by atoms with van der Waals surface area (Å²) in [6, 6.07) is 6.81. The normalized spacial score (nSPS) is 10.1. The lowest BCUT2D eigenvalue weighted by Crippen LogP contribution is -2.14. The minimum absolute atomic E-state index is 0.0652. The summed E-state index contributed by atoms with van der Waals surface area (Å²) in [5.41, 5.74) is 5.77. The molecule has 0 saturated heterocycles. The van der Waals surface area contributed by atoms with E-state index in [1.165, 1.54) is 0 Å². The molecule has 1 amide bonds. The molecule has 0 aliphatic heterocycles. The van der Waals surface area contributed by atoms with E-state index >= 15 is 0 Å². The van der Waals surface area contributed by atoms with Crippen LogP contribution in [-0.2, 0) is 0 Å². The van der Waals surface area contributed by atoms with Crippen LogP contribution in [0.15, 0.2) is 28.9 Å². The highest BCUT2D eigenvalue weighted by Gasteiger charge is 2.16. The minimum Gasteiger partial charge on any atom is -0.379 e. The Morgan fingerprint density at radius 2 is 2.12 bits per heavy atom. The number of aromatic nitrogens is 2. The Hall–Kier alpha value is -2.08. The van der Waals surface area contributed by atoms with Gasteiger partial charge in [-0.2, -0.15) is 0 Å². The van der Waals surface area contributed by atoms with E-state index in [1.807, 2.05) is 0 Å². The summed E-state index contributed by atoms with van der Waals surface area (Å²) >= 11 is 5.86. The monoisotopic (exact) mass is 238 g/mol. The van der Waals surface area contributed by atoms with Crippen molar-refractivity contribution >= 4 is 29.0 Å². The van der Waals surface area contributed by atoms with Crippen molar-refractivity contribution in [1.29, 1.82) is 0 Å². The van der Waals surface area contributed by atoms with Gasteiger partial charge in [-0.25, -0.2) is 4.63 Å². The van der Waals surface area contributed by atoms with E-state index < -0.39 is 5.91 Å². The molecule has 2 aromatic rings. The van der Waals surface area contributed by atoms with Crippen molar-refractivity contribution in [3.63, 3.8) is 0 Å². The quantitative estimate of drug-likeness (QED) is 0.828. The summed E-state index contributed by atoms with van der Waals surface area (Å²) in [7, 11) is 0. The topological polar surface area (TPSA) is 94.0 Å². The Morgan fingerprint density at radius 1 is 1.38 bits per heavy atom. The molecular weight excluding hydrogens is 232 g/mol. The molecule has 0 bridgehead atoms. The summed E-state index contributed by atoms with van der Waals surface area (Å²) < 4.78 is 4.32. The molecule has 82 valence electrons. The lowest BCUT2D eigenvalue weighted by Gasteiger charge is -2.04. The van der Waals surface area contributed by atoms with Gasteiger partial charge >= 0.3 is 0 Å². The molecule has 1 aromatic heterocycles. The number of amides is 1.